The highest BCUT2D eigenvalue weighted by Crippen LogP contribution is 2.44. The number of hydrogen-bond donors (Lipinski definition) is 3. The molecule has 100 valence electrons. The van der Waals surface area contributed by atoms with Crippen molar-refractivity contribution in [3.05, 3.63) is 4.88 Å². The summed E-state index contributed by atoms with van der Waals surface area (Å²) in [6.45, 7) is 5.82. The molecule has 1 fully saturated rings. The molecule has 1 aliphatic carbocycles. The second-order valence-corrected chi connectivity index (χ2v) is 6.15. The first kappa shape index (κ1) is 13.1. The molecule has 0 saturated heterocycles. The predicted octanol–water partition coefficient (Wildman–Crippen LogP) is 2.08. The Kier molecular flexibility index (Phi) is 3.75. The lowest BCUT2D eigenvalue weighted by atomic mass is 10.1. The maximum atomic E-state index is 12.0. The van der Waals surface area contributed by atoms with E-state index in [1.807, 2.05) is 0 Å². The lowest BCUT2D eigenvalue weighted by Gasteiger charge is -2.08. The fourth-order valence-corrected chi connectivity index (χ4v) is 2.39. The molecule has 1 heterocycles. The van der Waals surface area contributed by atoms with Crippen molar-refractivity contribution in [3.63, 3.8) is 0 Å². The average Bonchev–Trinajstić information content (AvgIpc) is 2.96. The molecule has 0 atom stereocenters. The third-order valence-electron chi connectivity index (χ3n) is 3.17. The lowest BCUT2D eigenvalue weighted by Crippen LogP contribution is -2.28. The van der Waals surface area contributed by atoms with Crippen molar-refractivity contribution >= 4 is 28.2 Å². The topological polar surface area (TPSA) is 80.0 Å². The van der Waals surface area contributed by atoms with Crippen LogP contribution in [-0.2, 0) is 0 Å². The number of carbonyl (C=O) groups excluding carboxylic acids is 1. The third kappa shape index (κ3) is 3.13. The Labute approximate surface area is 111 Å². The molecule has 4 N–H and O–H groups in total. The van der Waals surface area contributed by atoms with Crippen LogP contribution >= 0.6 is 11.3 Å². The number of thiazole rings is 1. The molecule has 5 nitrogen and oxygen atoms in total. The summed E-state index contributed by atoms with van der Waals surface area (Å²) in [4.78, 5) is 16.6. The van der Waals surface area contributed by atoms with Crippen LogP contribution in [0.1, 0.15) is 42.8 Å². The second kappa shape index (κ2) is 5.14. The van der Waals surface area contributed by atoms with Crippen LogP contribution in [0.25, 0.3) is 0 Å². The molecule has 1 amide bonds. The van der Waals surface area contributed by atoms with E-state index >= 15 is 0 Å². The van der Waals surface area contributed by atoms with Gasteiger partial charge in [0.1, 0.15) is 10.7 Å². The van der Waals surface area contributed by atoms with Gasteiger partial charge in [0.2, 0.25) is 0 Å². The first-order valence-corrected chi connectivity index (χ1v) is 7.14. The quantitative estimate of drug-likeness (QED) is 0.738. The van der Waals surface area contributed by atoms with Gasteiger partial charge >= 0.3 is 0 Å². The molecular formula is C12H20N4OS. The second-order valence-electron chi connectivity index (χ2n) is 5.15. The van der Waals surface area contributed by atoms with Gasteiger partial charge in [-0.1, -0.05) is 25.2 Å². The number of rotatable bonds is 6. The van der Waals surface area contributed by atoms with Crippen LogP contribution in [-0.4, -0.2) is 24.0 Å². The Hall–Kier alpha value is -1.30. The van der Waals surface area contributed by atoms with Crippen molar-refractivity contribution in [2.75, 3.05) is 24.1 Å². The number of nitrogens with one attached hydrogen (secondary N) is 2. The lowest BCUT2D eigenvalue weighted by molar-refractivity contribution is 0.0951. The zero-order chi connectivity index (χ0) is 13.2. The molecule has 0 radical (unpaired) electrons. The molecule has 0 aromatic carbocycles. The van der Waals surface area contributed by atoms with Crippen molar-refractivity contribution in [3.8, 4) is 0 Å². The summed E-state index contributed by atoms with van der Waals surface area (Å²) < 4.78 is 0. The molecule has 0 aliphatic heterocycles. The molecule has 2 rings (SSSR count). The van der Waals surface area contributed by atoms with Gasteiger partial charge in [-0.25, -0.2) is 4.98 Å². The minimum absolute atomic E-state index is 0.109. The van der Waals surface area contributed by atoms with E-state index < -0.39 is 0 Å². The van der Waals surface area contributed by atoms with Crippen LogP contribution < -0.4 is 16.4 Å². The summed E-state index contributed by atoms with van der Waals surface area (Å²) in [7, 11) is 0. The molecule has 1 saturated carbocycles. The molecule has 18 heavy (non-hydrogen) atoms. The van der Waals surface area contributed by atoms with E-state index in [-0.39, 0.29) is 5.91 Å². The van der Waals surface area contributed by atoms with Crippen molar-refractivity contribution in [2.24, 2.45) is 5.41 Å². The van der Waals surface area contributed by atoms with Gasteiger partial charge in [0.25, 0.3) is 5.91 Å². The smallest absolute Gasteiger partial charge is 0.265 e. The van der Waals surface area contributed by atoms with Gasteiger partial charge in [0, 0.05) is 13.1 Å². The van der Waals surface area contributed by atoms with E-state index in [0.29, 0.717) is 16.1 Å². The molecule has 1 aliphatic rings. The van der Waals surface area contributed by atoms with E-state index in [4.69, 9.17) is 5.73 Å². The third-order valence-corrected chi connectivity index (χ3v) is 4.19. The van der Waals surface area contributed by atoms with E-state index in [1.165, 1.54) is 24.2 Å². The highest BCUT2D eigenvalue weighted by atomic mass is 32.1. The SMILES string of the molecule is CCCNc1nc(N)c(C(=O)NCC2(C)CC2)s1. The fourth-order valence-electron chi connectivity index (χ4n) is 1.57. The first-order chi connectivity index (χ1) is 8.54. The molecule has 0 spiro atoms. The van der Waals surface area contributed by atoms with Gasteiger partial charge in [-0.05, 0) is 24.7 Å². The van der Waals surface area contributed by atoms with Crippen molar-refractivity contribution < 1.29 is 4.79 Å². The summed E-state index contributed by atoms with van der Waals surface area (Å²) in [6, 6.07) is 0. The van der Waals surface area contributed by atoms with Gasteiger partial charge in [-0.3, -0.25) is 4.79 Å². The fraction of sp³-hybridized carbons (Fsp3) is 0.667. The summed E-state index contributed by atoms with van der Waals surface area (Å²) in [5.41, 5.74) is 6.07. The van der Waals surface area contributed by atoms with Gasteiger partial charge in [0.05, 0.1) is 0 Å². The van der Waals surface area contributed by atoms with Crippen LogP contribution in [0.4, 0.5) is 10.9 Å². The number of anilines is 2. The highest BCUT2D eigenvalue weighted by Gasteiger charge is 2.37. The van der Waals surface area contributed by atoms with Crippen LogP contribution in [0, 0.1) is 5.41 Å². The van der Waals surface area contributed by atoms with E-state index in [0.717, 1.165) is 24.6 Å². The summed E-state index contributed by atoms with van der Waals surface area (Å²) >= 11 is 1.32. The van der Waals surface area contributed by atoms with Gasteiger partial charge in [0.15, 0.2) is 5.13 Å². The number of aromatic nitrogens is 1. The molecule has 0 unspecified atom stereocenters. The van der Waals surface area contributed by atoms with Gasteiger partial charge in [-0.2, -0.15) is 0 Å². The van der Waals surface area contributed by atoms with Crippen LogP contribution in [0.15, 0.2) is 0 Å². The molecular weight excluding hydrogens is 248 g/mol. The van der Waals surface area contributed by atoms with E-state index in [9.17, 15) is 4.79 Å². The van der Waals surface area contributed by atoms with Crippen molar-refractivity contribution in [2.45, 2.75) is 33.1 Å². The van der Waals surface area contributed by atoms with Crippen LogP contribution in [0.5, 0.6) is 0 Å². The number of nitrogens with two attached hydrogens (primary N) is 1. The van der Waals surface area contributed by atoms with E-state index in [1.54, 1.807) is 0 Å². The summed E-state index contributed by atoms with van der Waals surface area (Å²) in [5, 5.41) is 6.80. The molecule has 1 aromatic heterocycles. The Morgan fingerprint density at radius 1 is 1.56 bits per heavy atom. The summed E-state index contributed by atoms with van der Waals surface area (Å²) in [5.74, 6) is 0.208. The van der Waals surface area contributed by atoms with Crippen LogP contribution in [0.2, 0.25) is 0 Å². The Balaban J connectivity index is 1.94. The number of nitrogen functional groups attached to an aromatic ring is 1. The summed E-state index contributed by atoms with van der Waals surface area (Å²) in [6.07, 6.45) is 3.39. The first-order valence-electron chi connectivity index (χ1n) is 6.32. The minimum Gasteiger partial charge on any atom is -0.382 e. The van der Waals surface area contributed by atoms with Gasteiger partial charge in [-0.15, -0.1) is 0 Å². The predicted molar refractivity (Wildman–Crippen MR) is 75.0 cm³/mol. The Morgan fingerprint density at radius 2 is 2.28 bits per heavy atom. The Morgan fingerprint density at radius 3 is 2.89 bits per heavy atom. The number of nitrogens with zero attached hydrogens (tertiary/aromatic N) is 1. The Bertz CT molecular complexity index is 439. The van der Waals surface area contributed by atoms with Gasteiger partial charge < -0.3 is 16.4 Å². The largest absolute Gasteiger partial charge is 0.382 e. The molecule has 0 bridgehead atoms. The average molecular weight is 268 g/mol. The zero-order valence-corrected chi connectivity index (χ0v) is 11.7. The standard InChI is InChI=1S/C12H20N4OS/c1-3-6-14-11-16-9(13)8(18-11)10(17)15-7-12(2)4-5-12/h3-7,13H2,1-2H3,(H,14,16)(H,15,17). The number of hydrogen-bond acceptors (Lipinski definition) is 5. The van der Waals surface area contributed by atoms with Crippen LogP contribution in [0.3, 0.4) is 0 Å². The maximum absolute atomic E-state index is 12.0. The minimum atomic E-state index is -0.109. The molecule has 1 aromatic rings. The van der Waals surface area contributed by atoms with E-state index in [2.05, 4.69) is 29.5 Å². The highest BCUT2D eigenvalue weighted by molar-refractivity contribution is 7.18. The number of amides is 1. The normalized spacial score (nSPS) is 16.3. The maximum Gasteiger partial charge on any atom is 0.265 e. The van der Waals surface area contributed by atoms with Crippen molar-refractivity contribution in [1.82, 2.24) is 10.3 Å². The zero-order valence-electron chi connectivity index (χ0n) is 10.9. The molecule has 6 heteroatoms. The monoisotopic (exact) mass is 268 g/mol. The van der Waals surface area contributed by atoms with Crippen molar-refractivity contribution in [1.29, 1.82) is 0 Å². The number of carbonyl (C=O) groups is 1.